The maximum atomic E-state index is 5.75. The lowest BCUT2D eigenvalue weighted by Crippen LogP contribution is -2.17. The summed E-state index contributed by atoms with van der Waals surface area (Å²) in [6, 6.07) is 6.47. The third kappa shape index (κ3) is 1.65. The van der Waals surface area contributed by atoms with Crippen molar-refractivity contribution in [2.24, 2.45) is 5.73 Å². The maximum Gasteiger partial charge on any atom is 0.0186 e. The number of benzene rings is 1. The van der Waals surface area contributed by atoms with Gasteiger partial charge < -0.3 is 5.73 Å². The molecule has 0 amide bonds. The minimum absolute atomic E-state index is 0.535. The van der Waals surface area contributed by atoms with Crippen LogP contribution in [0.1, 0.15) is 18.4 Å². The monoisotopic (exact) mass is 257 g/mol. The Bertz CT molecular complexity index is 327. The summed E-state index contributed by atoms with van der Waals surface area (Å²) in [6.07, 6.45) is 0. The van der Waals surface area contributed by atoms with Crippen molar-refractivity contribution in [3.63, 3.8) is 0 Å². The van der Waals surface area contributed by atoms with Gasteiger partial charge in [0.05, 0.1) is 0 Å². The highest BCUT2D eigenvalue weighted by molar-refractivity contribution is 9.10. The van der Waals surface area contributed by atoms with E-state index in [-0.39, 0.29) is 0 Å². The molecular weight excluding hydrogens is 246 g/mol. The fourth-order valence-electron chi connectivity index (χ4n) is 1.77. The van der Waals surface area contributed by atoms with Gasteiger partial charge in [-0.05, 0) is 17.7 Å². The van der Waals surface area contributed by atoms with Crippen LogP contribution in [0, 0.1) is 0 Å². The van der Waals surface area contributed by atoms with Crippen LogP contribution in [0.2, 0.25) is 0 Å². The van der Waals surface area contributed by atoms with Crippen molar-refractivity contribution >= 4 is 27.7 Å². The van der Waals surface area contributed by atoms with Crippen LogP contribution in [-0.2, 0) is 0 Å². The van der Waals surface area contributed by atoms with Crippen LogP contribution in [0.15, 0.2) is 27.6 Å². The van der Waals surface area contributed by atoms with Gasteiger partial charge in [0.25, 0.3) is 0 Å². The van der Waals surface area contributed by atoms with Crippen molar-refractivity contribution < 1.29 is 0 Å². The van der Waals surface area contributed by atoms with E-state index >= 15 is 0 Å². The first-order valence-electron chi connectivity index (χ1n) is 4.38. The molecule has 0 aliphatic carbocycles. The van der Waals surface area contributed by atoms with Crippen molar-refractivity contribution in [3.8, 4) is 0 Å². The van der Waals surface area contributed by atoms with Crippen LogP contribution in [0.25, 0.3) is 0 Å². The number of nitrogens with two attached hydrogens (primary N) is 1. The lowest BCUT2D eigenvalue weighted by Gasteiger charge is -2.11. The summed E-state index contributed by atoms with van der Waals surface area (Å²) in [6.45, 7) is 3.00. The molecule has 0 fully saturated rings. The zero-order valence-electron chi connectivity index (χ0n) is 7.46. The van der Waals surface area contributed by atoms with Crippen LogP contribution in [0.4, 0.5) is 0 Å². The highest BCUT2D eigenvalue weighted by Gasteiger charge is 2.28. The van der Waals surface area contributed by atoms with E-state index < -0.39 is 0 Å². The van der Waals surface area contributed by atoms with Crippen LogP contribution in [0.5, 0.6) is 0 Å². The summed E-state index contributed by atoms with van der Waals surface area (Å²) < 4.78 is 1.16. The minimum atomic E-state index is 0.535. The number of hydrogen-bond donors (Lipinski definition) is 1. The van der Waals surface area contributed by atoms with Crippen molar-refractivity contribution in [3.05, 3.63) is 28.2 Å². The van der Waals surface area contributed by atoms with E-state index in [1.165, 1.54) is 10.5 Å². The van der Waals surface area contributed by atoms with E-state index in [0.717, 1.165) is 11.0 Å². The molecule has 1 heterocycles. The van der Waals surface area contributed by atoms with Gasteiger partial charge in [-0.2, -0.15) is 0 Å². The fourth-order valence-corrected chi connectivity index (χ4v) is 3.66. The van der Waals surface area contributed by atoms with Gasteiger partial charge in [0.15, 0.2) is 0 Å². The molecule has 1 aliphatic heterocycles. The first kappa shape index (κ1) is 9.56. The second-order valence-corrected chi connectivity index (χ2v) is 5.68. The van der Waals surface area contributed by atoms with Gasteiger partial charge in [0, 0.05) is 27.1 Å². The highest BCUT2D eigenvalue weighted by Crippen LogP contribution is 2.45. The Kier molecular flexibility index (Phi) is 2.67. The van der Waals surface area contributed by atoms with E-state index in [0.29, 0.717) is 11.2 Å². The molecular formula is C10H12BrNS. The predicted octanol–water partition coefficient (Wildman–Crippen LogP) is 2.99. The summed E-state index contributed by atoms with van der Waals surface area (Å²) in [5, 5.41) is 0.620. The minimum Gasteiger partial charge on any atom is -0.330 e. The Morgan fingerprint density at radius 3 is 3.00 bits per heavy atom. The molecule has 0 bridgehead atoms. The van der Waals surface area contributed by atoms with Gasteiger partial charge in [0.2, 0.25) is 0 Å². The summed E-state index contributed by atoms with van der Waals surface area (Å²) in [5.41, 5.74) is 7.17. The van der Waals surface area contributed by atoms with Gasteiger partial charge >= 0.3 is 0 Å². The third-order valence-corrected chi connectivity index (χ3v) is 4.31. The van der Waals surface area contributed by atoms with Crippen LogP contribution < -0.4 is 5.73 Å². The van der Waals surface area contributed by atoms with Crippen molar-refractivity contribution in [2.45, 2.75) is 23.0 Å². The topological polar surface area (TPSA) is 26.0 Å². The molecule has 0 saturated heterocycles. The molecule has 2 N–H and O–H groups in total. The summed E-state index contributed by atoms with van der Waals surface area (Å²) >= 11 is 5.41. The Morgan fingerprint density at radius 2 is 2.31 bits per heavy atom. The first-order chi connectivity index (χ1) is 6.22. The average molecular weight is 258 g/mol. The van der Waals surface area contributed by atoms with Gasteiger partial charge in [-0.1, -0.05) is 28.9 Å². The molecule has 3 heteroatoms. The molecule has 1 nitrogen and oxygen atoms in total. The normalized spacial score (nSPS) is 26.1. The number of hydrogen-bond acceptors (Lipinski definition) is 2. The summed E-state index contributed by atoms with van der Waals surface area (Å²) in [4.78, 5) is 1.39. The van der Waals surface area contributed by atoms with E-state index in [4.69, 9.17) is 5.73 Å². The highest BCUT2D eigenvalue weighted by atomic mass is 79.9. The van der Waals surface area contributed by atoms with Gasteiger partial charge in [-0.25, -0.2) is 0 Å². The number of halogens is 1. The van der Waals surface area contributed by atoms with Crippen molar-refractivity contribution in [1.82, 2.24) is 0 Å². The Balaban J connectivity index is 2.42. The van der Waals surface area contributed by atoms with Crippen molar-refractivity contribution in [2.75, 3.05) is 6.54 Å². The van der Waals surface area contributed by atoms with Crippen LogP contribution >= 0.6 is 27.7 Å². The smallest absolute Gasteiger partial charge is 0.0186 e. The molecule has 2 rings (SSSR count). The SMILES string of the molecule is CC1Sc2cc(Br)ccc2C1CN. The molecule has 0 aromatic heterocycles. The predicted molar refractivity (Wildman–Crippen MR) is 61.3 cm³/mol. The molecule has 13 heavy (non-hydrogen) atoms. The van der Waals surface area contributed by atoms with Crippen LogP contribution in [-0.4, -0.2) is 11.8 Å². The van der Waals surface area contributed by atoms with E-state index in [9.17, 15) is 0 Å². The lowest BCUT2D eigenvalue weighted by atomic mass is 9.97. The van der Waals surface area contributed by atoms with Gasteiger partial charge in [0.1, 0.15) is 0 Å². The molecule has 1 aromatic carbocycles. The Morgan fingerprint density at radius 1 is 1.54 bits per heavy atom. The zero-order chi connectivity index (χ0) is 9.42. The van der Waals surface area contributed by atoms with E-state index in [1.807, 2.05) is 11.8 Å². The molecule has 70 valence electrons. The molecule has 1 aromatic rings. The standard InChI is InChI=1S/C10H12BrNS/c1-6-9(5-12)8-3-2-7(11)4-10(8)13-6/h2-4,6,9H,5,12H2,1H3. The van der Waals surface area contributed by atoms with Gasteiger partial charge in [-0.15, -0.1) is 11.8 Å². The average Bonchev–Trinajstić information content (AvgIpc) is 2.39. The van der Waals surface area contributed by atoms with E-state index in [1.54, 1.807) is 0 Å². The Hall–Kier alpha value is 0.01000. The second kappa shape index (κ2) is 3.64. The lowest BCUT2D eigenvalue weighted by molar-refractivity contribution is 0.697. The number of rotatable bonds is 1. The number of thioether (sulfide) groups is 1. The first-order valence-corrected chi connectivity index (χ1v) is 6.06. The summed E-state index contributed by atoms with van der Waals surface area (Å²) in [5.74, 6) is 0.535. The number of fused-ring (bicyclic) bond motifs is 1. The zero-order valence-corrected chi connectivity index (χ0v) is 9.86. The van der Waals surface area contributed by atoms with E-state index in [2.05, 4.69) is 41.1 Å². The third-order valence-electron chi connectivity index (χ3n) is 2.51. The molecule has 0 spiro atoms. The van der Waals surface area contributed by atoms with Crippen LogP contribution in [0.3, 0.4) is 0 Å². The summed E-state index contributed by atoms with van der Waals surface area (Å²) in [7, 11) is 0. The molecule has 2 atom stereocenters. The maximum absolute atomic E-state index is 5.75. The van der Waals surface area contributed by atoms with Gasteiger partial charge in [-0.3, -0.25) is 0 Å². The fraction of sp³-hybridized carbons (Fsp3) is 0.400. The Labute approximate surface area is 91.2 Å². The molecule has 2 unspecified atom stereocenters. The largest absolute Gasteiger partial charge is 0.330 e. The molecule has 1 aliphatic rings. The molecule has 0 radical (unpaired) electrons. The van der Waals surface area contributed by atoms with Crippen molar-refractivity contribution in [1.29, 1.82) is 0 Å². The molecule has 0 saturated carbocycles. The second-order valence-electron chi connectivity index (χ2n) is 3.35. The quantitative estimate of drug-likeness (QED) is 0.838.